The first-order chi connectivity index (χ1) is 7.85. The molecule has 0 aliphatic carbocycles. The molecule has 0 radical (unpaired) electrons. The van der Waals surface area contributed by atoms with Gasteiger partial charge < -0.3 is 4.90 Å². The Hall–Kier alpha value is -0.630. The molecule has 0 amide bonds. The van der Waals surface area contributed by atoms with Crippen LogP contribution in [0, 0.1) is 5.92 Å². The molecule has 2 heteroatoms. The molecule has 1 heterocycles. The minimum Gasteiger partial charge on any atom is -0.371 e. The van der Waals surface area contributed by atoms with Crippen LogP contribution in [0.2, 0.25) is 0 Å². The molecule has 0 N–H and O–H groups in total. The predicted octanol–water partition coefficient (Wildman–Crippen LogP) is 3.40. The van der Waals surface area contributed by atoms with Crippen LogP contribution in [-0.2, 0) is 6.42 Å². The van der Waals surface area contributed by atoms with Gasteiger partial charge in [-0.05, 0) is 36.1 Å². The van der Waals surface area contributed by atoms with Gasteiger partial charge in [-0.2, -0.15) is 12.6 Å². The minimum atomic E-state index is 0.717. The van der Waals surface area contributed by atoms with E-state index in [-0.39, 0.29) is 0 Å². The fraction of sp³-hybridized carbons (Fsp3) is 0.571. The zero-order valence-corrected chi connectivity index (χ0v) is 10.9. The smallest absolute Gasteiger partial charge is 0.0398 e. The molecule has 0 fully saturated rings. The number of nitrogens with zero attached hydrogens (tertiary/aromatic N) is 1. The van der Waals surface area contributed by atoms with Crippen LogP contribution in [0.15, 0.2) is 24.3 Å². The summed E-state index contributed by atoms with van der Waals surface area (Å²) in [5, 5.41) is 0. The summed E-state index contributed by atoms with van der Waals surface area (Å²) >= 11 is 4.44. The van der Waals surface area contributed by atoms with Crippen molar-refractivity contribution in [3.8, 4) is 0 Å². The van der Waals surface area contributed by atoms with E-state index >= 15 is 0 Å². The fourth-order valence-corrected chi connectivity index (χ4v) is 2.80. The Morgan fingerprint density at radius 1 is 1.38 bits per heavy atom. The van der Waals surface area contributed by atoms with Crippen LogP contribution in [0.4, 0.5) is 5.69 Å². The Bertz CT molecular complexity index is 333. The predicted molar refractivity (Wildman–Crippen MR) is 74.6 cm³/mol. The van der Waals surface area contributed by atoms with Crippen molar-refractivity contribution in [2.45, 2.75) is 26.2 Å². The summed E-state index contributed by atoms with van der Waals surface area (Å²) < 4.78 is 0. The molecule has 0 spiro atoms. The Morgan fingerprint density at radius 2 is 2.19 bits per heavy atom. The zero-order chi connectivity index (χ0) is 11.4. The third-order valence-corrected chi connectivity index (χ3v) is 4.04. The number of anilines is 1. The quantitative estimate of drug-likeness (QED) is 0.783. The van der Waals surface area contributed by atoms with Crippen molar-refractivity contribution in [1.82, 2.24) is 0 Å². The van der Waals surface area contributed by atoms with Crippen molar-refractivity contribution in [1.29, 1.82) is 0 Å². The van der Waals surface area contributed by atoms with E-state index in [2.05, 4.69) is 48.7 Å². The van der Waals surface area contributed by atoms with E-state index < -0.39 is 0 Å². The molecule has 1 aliphatic rings. The molecule has 0 saturated heterocycles. The van der Waals surface area contributed by atoms with Gasteiger partial charge in [-0.3, -0.25) is 0 Å². The lowest BCUT2D eigenvalue weighted by Gasteiger charge is -2.33. The van der Waals surface area contributed by atoms with Gasteiger partial charge >= 0.3 is 0 Å². The molecule has 1 aromatic carbocycles. The lowest BCUT2D eigenvalue weighted by Crippen LogP contribution is -2.34. The summed E-state index contributed by atoms with van der Waals surface area (Å²) in [6.07, 6.45) is 3.76. The van der Waals surface area contributed by atoms with Crippen LogP contribution in [0.3, 0.4) is 0 Å². The molecular weight excluding hydrogens is 214 g/mol. The van der Waals surface area contributed by atoms with Crippen LogP contribution in [0.25, 0.3) is 0 Å². The van der Waals surface area contributed by atoms with Crippen molar-refractivity contribution >= 4 is 18.3 Å². The van der Waals surface area contributed by atoms with E-state index in [0.717, 1.165) is 18.2 Å². The Labute approximate surface area is 104 Å². The van der Waals surface area contributed by atoms with E-state index in [1.54, 1.807) is 0 Å². The standard InChI is InChI=1S/C14H21NS/c1-2-12(11-16)10-15-9-5-7-13-6-3-4-8-14(13)15/h3-4,6,8,12,16H,2,5,7,9-11H2,1H3. The molecule has 1 unspecified atom stereocenters. The number of hydrogen-bond acceptors (Lipinski definition) is 2. The topological polar surface area (TPSA) is 3.24 Å². The lowest BCUT2D eigenvalue weighted by molar-refractivity contribution is 0.538. The van der Waals surface area contributed by atoms with E-state index in [1.807, 2.05) is 0 Å². The van der Waals surface area contributed by atoms with Crippen LogP contribution < -0.4 is 4.90 Å². The van der Waals surface area contributed by atoms with Gasteiger partial charge in [-0.25, -0.2) is 0 Å². The first kappa shape index (κ1) is 11.8. The number of hydrogen-bond donors (Lipinski definition) is 1. The number of aryl methyl sites for hydroxylation is 1. The molecule has 0 saturated carbocycles. The lowest BCUT2D eigenvalue weighted by atomic mass is 10.00. The van der Waals surface area contributed by atoms with Gasteiger partial charge in [0.2, 0.25) is 0 Å². The SMILES string of the molecule is CCC(CS)CN1CCCc2ccccc21. The number of benzene rings is 1. The second-order valence-electron chi connectivity index (χ2n) is 4.64. The highest BCUT2D eigenvalue weighted by Crippen LogP contribution is 2.27. The Morgan fingerprint density at radius 3 is 2.94 bits per heavy atom. The first-order valence-electron chi connectivity index (χ1n) is 6.29. The average Bonchev–Trinajstić information content (AvgIpc) is 2.36. The molecule has 16 heavy (non-hydrogen) atoms. The van der Waals surface area contributed by atoms with E-state index in [1.165, 1.54) is 37.1 Å². The minimum absolute atomic E-state index is 0.717. The molecule has 1 atom stereocenters. The highest BCUT2D eigenvalue weighted by atomic mass is 32.1. The van der Waals surface area contributed by atoms with Crippen molar-refractivity contribution in [2.75, 3.05) is 23.7 Å². The highest BCUT2D eigenvalue weighted by Gasteiger charge is 2.18. The summed E-state index contributed by atoms with van der Waals surface area (Å²) in [7, 11) is 0. The monoisotopic (exact) mass is 235 g/mol. The summed E-state index contributed by atoms with van der Waals surface area (Å²) in [5.41, 5.74) is 2.97. The number of para-hydroxylation sites is 1. The first-order valence-corrected chi connectivity index (χ1v) is 6.92. The van der Waals surface area contributed by atoms with Gasteiger partial charge in [-0.1, -0.05) is 31.5 Å². The Kier molecular flexibility index (Phi) is 4.16. The van der Waals surface area contributed by atoms with Gasteiger partial charge in [0.1, 0.15) is 0 Å². The summed E-state index contributed by atoms with van der Waals surface area (Å²) in [4.78, 5) is 2.54. The molecule has 0 aromatic heterocycles. The van der Waals surface area contributed by atoms with E-state index in [9.17, 15) is 0 Å². The fourth-order valence-electron chi connectivity index (χ4n) is 2.43. The summed E-state index contributed by atoms with van der Waals surface area (Å²) in [6, 6.07) is 8.83. The van der Waals surface area contributed by atoms with Crippen molar-refractivity contribution in [2.24, 2.45) is 5.92 Å². The summed E-state index contributed by atoms with van der Waals surface area (Å²) in [6.45, 7) is 4.63. The van der Waals surface area contributed by atoms with E-state index in [0.29, 0.717) is 0 Å². The second-order valence-corrected chi connectivity index (χ2v) is 5.00. The van der Waals surface area contributed by atoms with Gasteiger partial charge in [0.15, 0.2) is 0 Å². The van der Waals surface area contributed by atoms with Crippen LogP contribution >= 0.6 is 12.6 Å². The molecule has 2 rings (SSSR count). The molecule has 1 nitrogen and oxygen atoms in total. The molecule has 88 valence electrons. The van der Waals surface area contributed by atoms with Crippen molar-refractivity contribution in [3.63, 3.8) is 0 Å². The molecular formula is C14H21NS. The van der Waals surface area contributed by atoms with E-state index in [4.69, 9.17) is 0 Å². The zero-order valence-electron chi connectivity index (χ0n) is 10.0. The Balaban J connectivity index is 2.12. The average molecular weight is 235 g/mol. The van der Waals surface area contributed by atoms with Crippen LogP contribution in [0.1, 0.15) is 25.3 Å². The third-order valence-electron chi connectivity index (χ3n) is 3.52. The maximum absolute atomic E-state index is 4.44. The molecule has 1 aliphatic heterocycles. The molecule has 0 bridgehead atoms. The highest BCUT2D eigenvalue weighted by molar-refractivity contribution is 7.80. The van der Waals surface area contributed by atoms with Crippen LogP contribution in [-0.4, -0.2) is 18.8 Å². The second kappa shape index (κ2) is 5.62. The molecule has 1 aromatic rings. The van der Waals surface area contributed by atoms with Gasteiger partial charge in [0, 0.05) is 18.8 Å². The maximum atomic E-state index is 4.44. The summed E-state index contributed by atoms with van der Waals surface area (Å²) in [5.74, 6) is 1.71. The normalized spacial score (nSPS) is 17.0. The number of rotatable bonds is 4. The van der Waals surface area contributed by atoms with Gasteiger partial charge in [-0.15, -0.1) is 0 Å². The number of fused-ring (bicyclic) bond motifs is 1. The van der Waals surface area contributed by atoms with Gasteiger partial charge in [0.05, 0.1) is 0 Å². The van der Waals surface area contributed by atoms with Gasteiger partial charge in [0.25, 0.3) is 0 Å². The largest absolute Gasteiger partial charge is 0.371 e. The number of thiol groups is 1. The van der Waals surface area contributed by atoms with Crippen molar-refractivity contribution < 1.29 is 0 Å². The third kappa shape index (κ3) is 2.54. The van der Waals surface area contributed by atoms with Crippen LogP contribution in [0.5, 0.6) is 0 Å². The van der Waals surface area contributed by atoms with Crippen molar-refractivity contribution in [3.05, 3.63) is 29.8 Å². The maximum Gasteiger partial charge on any atom is 0.0398 e.